The van der Waals surface area contributed by atoms with E-state index in [2.05, 4.69) is 15.4 Å². The van der Waals surface area contributed by atoms with Crippen LogP contribution in [0.3, 0.4) is 0 Å². The molecule has 1 aliphatic rings. The minimum absolute atomic E-state index is 0.503. The van der Waals surface area contributed by atoms with Gasteiger partial charge in [0.15, 0.2) is 0 Å². The molecule has 18 heavy (non-hydrogen) atoms. The van der Waals surface area contributed by atoms with Gasteiger partial charge in [0.05, 0.1) is 0 Å². The molecule has 0 aromatic heterocycles. The molecule has 0 aliphatic carbocycles. The number of nitroso groups, excluding NO2 is 1. The third-order valence-corrected chi connectivity index (χ3v) is 3.85. The summed E-state index contributed by atoms with van der Waals surface area (Å²) in [6, 6.07) is 9.98. The van der Waals surface area contributed by atoms with Gasteiger partial charge in [-0.25, -0.2) is 0 Å². The molecule has 2 rings (SSSR count). The van der Waals surface area contributed by atoms with Crippen LogP contribution >= 0.6 is 0 Å². The molecule has 0 amide bonds. The first-order valence-electron chi connectivity index (χ1n) is 6.58. The van der Waals surface area contributed by atoms with Crippen LogP contribution in [0.1, 0.15) is 18.4 Å². The van der Waals surface area contributed by atoms with E-state index in [-0.39, 0.29) is 0 Å². The number of benzene rings is 1. The molecule has 0 spiro atoms. The van der Waals surface area contributed by atoms with Crippen LogP contribution in [0.25, 0.3) is 0 Å². The average Bonchev–Trinajstić information content (AvgIpc) is 2.46. The molecule has 4 heteroatoms. The van der Waals surface area contributed by atoms with Crippen molar-refractivity contribution in [3.05, 3.63) is 40.8 Å². The zero-order valence-corrected chi connectivity index (χ0v) is 10.9. The van der Waals surface area contributed by atoms with Gasteiger partial charge < -0.3 is 10.2 Å². The summed E-state index contributed by atoms with van der Waals surface area (Å²) in [6.07, 6.45) is 1.65. The van der Waals surface area contributed by atoms with Gasteiger partial charge in [0.2, 0.25) is 0 Å². The molecule has 1 saturated heterocycles. The van der Waals surface area contributed by atoms with Crippen molar-refractivity contribution in [2.75, 3.05) is 33.2 Å². The van der Waals surface area contributed by atoms with Gasteiger partial charge in [-0.3, -0.25) is 0 Å². The Morgan fingerprint density at radius 3 is 2.50 bits per heavy atom. The standard InChI is InChI=1S/C14H21N3O/c1-15-9-12-17-10-7-14(16-18,8-11-17)13-5-3-2-4-6-13/h2-6,15H,7-12H2,1H3. The first-order chi connectivity index (χ1) is 8.80. The van der Waals surface area contributed by atoms with Crippen LogP contribution in [0.2, 0.25) is 0 Å². The van der Waals surface area contributed by atoms with E-state index in [1.807, 2.05) is 37.4 Å². The summed E-state index contributed by atoms with van der Waals surface area (Å²) in [5.74, 6) is 0. The van der Waals surface area contributed by atoms with E-state index in [1.165, 1.54) is 0 Å². The van der Waals surface area contributed by atoms with Gasteiger partial charge in [-0.1, -0.05) is 35.5 Å². The minimum atomic E-state index is -0.503. The smallest absolute Gasteiger partial charge is 0.130 e. The SMILES string of the molecule is CNCCN1CCC(N=O)(c2ccccc2)CC1. The third-order valence-electron chi connectivity index (χ3n) is 3.85. The number of hydrogen-bond acceptors (Lipinski definition) is 4. The summed E-state index contributed by atoms with van der Waals surface area (Å²) >= 11 is 0. The number of likely N-dealkylation sites (N-methyl/N-ethyl adjacent to an activating group) is 1. The first kappa shape index (κ1) is 13.2. The summed E-state index contributed by atoms with van der Waals surface area (Å²) in [7, 11) is 1.96. The van der Waals surface area contributed by atoms with Gasteiger partial charge in [0.25, 0.3) is 0 Å². The highest BCUT2D eigenvalue weighted by molar-refractivity contribution is 5.25. The van der Waals surface area contributed by atoms with E-state index >= 15 is 0 Å². The molecule has 1 heterocycles. The monoisotopic (exact) mass is 247 g/mol. The molecule has 1 N–H and O–H groups in total. The van der Waals surface area contributed by atoms with Gasteiger partial charge in [-0.05, 0) is 25.5 Å². The largest absolute Gasteiger partial charge is 0.318 e. The summed E-state index contributed by atoms with van der Waals surface area (Å²) in [4.78, 5) is 13.7. The zero-order valence-electron chi connectivity index (χ0n) is 10.9. The van der Waals surface area contributed by atoms with Gasteiger partial charge in [-0.2, -0.15) is 0 Å². The van der Waals surface area contributed by atoms with E-state index < -0.39 is 5.54 Å². The fraction of sp³-hybridized carbons (Fsp3) is 0.571. The number of nitrogens with zero attached hydrogens (tertiary/aromatic N) is 2. The van der Waals surface area contributed by atoms with Gasteiger partial charge in [0, 0.05) is 26.2 Å². The summed E-state index contributed by atoms with van der Waals surface area (Å²) in [5.41, 5.74) is 0.561. The second-order valence-corrected chi connectivity index (χ2v) is 4.93. The highest BCUT2D eigenvalue weighted by atomic mass is 16.3. The normalized spacial score (nSPS) is 19.6. The Bertz CT molecular complexity index is 372. The fourth-order valence-corrected chi connectivity index (χ4v) is 2.60. The van der Waals surface area contributed by atoms with E-state index in [0.29, 0.717) is 0 Å². The Labute approximate surface area is 108 Å². The lowest BCUT2D eigenvalue weighted by atomic mass is 9.82. The van der Waals surface area contributed by atoms with Crippen molar-refractivity contribution in [3.8, 4) is 0 Å². The molecule has 98 valence electrons. The van der Waals surface area contributed by atoms with E-state index in [1.54, 1.807) is 0 Å². The zero-order chi connectivity index (χ0) is 12.8. The average molecular weight is 247 g/mol. The summed E-state index contributed by atoms with van der Waals surface area (Å²) in [5, 5.41) is 6.63. The van der Waals surface area contributed by atoms with Crippen molar-refractivity contribution in [2.24, 2.45) is 5.18 Å². The molecule has 0 radical (unpaired) electrons. The molecule has 1 aromatic carbocycles. The molecule has 1 aromatic rings. The second-order valence-electron chi connectivity index (χ2n) is 4.93. The van der Waals surface area contributed by atoms with Crippen molar-refractivity contribution in [2.45, 2.75) is 18.4 Å². The van der Waals surface area contributed by atoms with Crippen molar-refractivity contribution < 1.29 is 0 Å². The Balaban J connectivity index is 2.02. The first-order valence-corrected chi connectivity index (χ1v) is 6.58. The lowest BCUT2D eigenvalue weighted by Gasteiger charge is -2.37. The maximum absolute atomic E-state index is 11.3. The summed E-state index contributed by atoms with van der Waals surface area (Å²) in [6.45, 7) is 3.93. The van der Waals surface area contributed by atoms with Gasteiger partial charge in [-0.15, -0.1) is 4.91 Å². The van der Waals surface area contributed by atoms with E-state index in [0.717, 1.165) is 44.6 Å². The predicted molar refractivity (Wildman–Crippen MR) is 73.5 cm³/mol. The van der Waals surface area contributed by atoms with Crippen LogP contribution < -0.4 is 5.32 Å². The Hall–Kier alpha value is -1.26. The highest BCUT2D eigenvalue weighted by Gasteiger charge is 2.37. The van der Waals surface area contributed by atoms with E-state index in [4.69, 9.17) is 0 Å². The molecule has 0 saturated carbocycles. The Kier molecular flexibility index (Phi) is 4.44. The quantitative estimate of drug-likeness (QED) is 0.809. The summed E-state index contributed by atoms with van der Waals surface area (Å²) < 4.78 is 0. The van der Waals surface area contributed by atoms with Crippen molar-refractivity contribution in [1.29, 1.82) is 0 Å². The molecular weight excluding hydrogens is 226 g/mol. The number of likely N-dealkylation sites (tertiary alicyclic amines) is 1. The number of hydrogen-bond donors (Lipinski definition) is 1. The third kappa shape index (κ3) is 2.76. The van der Waals surface area contributed by atoms with Crippen molar-refractivity contribution in [3.63, 3.8) is 0 Å². The second kappa shape index (κ2) is 6.07. The van der Waals surface area contributed by atoms with Crippen LogP contribution in [0.4, 0.5) is 0 Å². The van der Waals surface area contributed by atoms with Crippen LogP contribution in [-0.2, 0) is 5.54 Å². The predicted octanol–water partition coefficient (Wildman–Crippen LogP) is 1.96. The Morgan fingerprint density at radius 2 is 1.94 bits per heavy atom. The van der Waals surface area contributed by atoms with Gasteiger partial charge in [0.1, 0.15) is 5.54 Å². The lowest BCUT2D eigenvalue weighted by molar-refractivity contribution is 0.163. The molecule has 1 fully saturated rings. The molecule has 0 atom stereocenters. The maximum Gasteiger partial charge on any atom is 0.130 e. The van der Waals surface area contributed by atoms with Crippen molar-refractivity contribution >= 4 is 0 Å². The molecule has 0 unspecified atom stereocenters. The van der Waals surface area contributed by atoms with Crippen molar-refractivity contribution in [1.82, 2.24) is 10.2 Å². The minimum Gasteiger partial charge on any atom is -0.318 e. The van der Waals surface area contributed by atoms with E-state index in [9.17, 15) is 4.91 Å². The number of rotatable bonds is 5. The van der Waals surface area contributed by atoms with Gasteiger partial charge >= 0.3 is 0 Å². The fourth-order valence-electron chi connectivity index (χ4n) is 2.60. The van der Waals surface area contributed by atoms with Crippen LogP contribution in [0, 0.1) is 4.91 Å². The molecule has 4 nitrogen and oxygen atoms in total. The van der Waals surface area contributed by atoms with Crippen LogP contribution in [0.15, 0.2) is 35.5 Å². The highest BCUT2D eigenvalue weighted by Crippen LogP contribution is 2.36. The maximum atomic E-state index is 11.3. The van der Waals surface area contributed by atoms with Crippen LogP contribution in [0.5, 0.6) is 0 Å². The topological polar surface area (TPSA) is 44.7 Å². The lowest BCUT2D eigenvalue weighted by Crippen LogP contribution is -2.43. The molecular formula is C14H21N3O. The Morgan fingerprint density at radius 1 is 1.28 bits per heavy atom. The van der Waals surface area contributed by atoms with Crippen LogP contribution in [-0.4, -0.2) is 38.1 Å². The molecule has 0 bridgehead atoms. The molecule has 1 aliphatic heterocycles. The number of nitrogens with one attached hydrogen (secondary N) is 1. The number of piperidine rings is 1.